The fraction of sp³-hybridized carbons (Fsp3) is 0.316. The molecule has 0 unspecified atom stereocenters. The lowest BCUT2D eigenvalue weighted by atomic mass is 9.96. The van der Waals surface area contributed by atoms with Crippen molar-refractivity contribution < 1.29 is 4.39 Å². The molecule has 3 aromatic rings. The molecule has 25 heavy (non-hydrogen) atoms. The van der Waals surface area contributed by atoms with Gasteiger partial charge in [-0.3, -0.25) is 0 Å². The van der Waals surface area contributed by atoms with Gasteiger partial charge in [0, 0.05) is 17.8 Å². The number of anilines is 1. The van der Waals surface area contributed by atoms with Crippen LogP contribution in [-0.4, -0.2) is 21.0 Å². The Hall–Kier alpha value is -2.34. The maximum Gasteiger partial charge on any atom is 0.223 e. The minimum absolute atomic E-state index is 0.274. The van der Waals surface area contributed by atoms with E-state index in [1.807, 2.05) is 12.1 Å². The lowest BCUT2D eigenvalue weighted by Gasteiger charge is -2.22. The lowest BCUT2D eigenvalue weighted by Crippen LogP contribution is -2.23. The number of benzene rings is 1. The van der Waals surface area contributed by atoms with Crippen LogP contribution in [0.5, 0.6) is 0 Å². The number of thiazole rings is 1. The summed E-state index contributed by atoms with van der Waals surface area (Å²) in [6.07, 6.45) is 7.89. The maximum absolute atomic E-state index is 14.2. The van der Waals surface area contributed by atoms with Crippen LogP contribution in [-0.2, 0) is 0 Å². The van der Waals surface area contributed by atoms with Crippen molar-refractivity contribution in [3.8, 4) is 21.8 Å². The number of nitrogens with zero attached hydrogens (tertiary/aromatic N) is 3. The third-order valence-electron chi connectivity index (χ3n) is 4.52. The third-order valence-corrected chi connectivity index (χ3v) is 5.37. The molecule has 1 N–H and O–H groups in total. The smallest absolute Gasteiger partial charge is 0.223 e. The number of halogens is 1. The highest BCUT2D eigenvalue weighted by atomic mass is 32.1. The molecule has 0 aliphatic heterocycles. The minimum atomic E-state index is -0.274. The highest BCUT2D eigenvalue weighted by Gasteiger charge is 2.17. The van der Waals surface area contributed by atoms with E-state index in [0.29, 0.717) is 23.2 Å². The van der Waals surface area contributed by atoms with Crippen LogP contribution in [0, 0.1) is 5.82 Å². The maximum atomic E-state index is 14.2. The Bertz CT molecular complexity index is 858. The van der Waals surface area contributed by atoms with Crippen LogP contribution in [0.25, 0.3) is 21.8 Å². The molecule has 0 saturated heterocycles. The molecule has 1 saturated carbocycles. The molecule has 4 nitrogen and oxygen atoms in total. The normalized spacial score (nSPS) is 15.2. The zero-order valence-electron chi connectivity index (χ0n) is 13.8. The predicted molar refractivity (Wildman–Crippen MR) is 99.0 cm³/mol. The van der Waals surface area contributed by atoms with E-state index in [4.69, 9.17) is 0 Å². The van der Waals surface area contributed by atoms with Gasteiger partial charge >= 0.3 is 0 Å². The molecular formula is C19H19FN4S. The van der Waals surface area contributed by atoms with Crippen molar-refractivity contribution in [1.29, 1.82) is 0 Å². The summed E-state index contributed by atoms with van der Waals surface area (Å²) in [6, 6.07) is 8.99. The van der Waals surface area contributed by atoms with Crippen molar-refractivity contribution in [3.63, 3.8) is 0 Å². The number of hydrogen-bond acceptors (Lipinski definition) is 5. The minimum Gasteiger partial charge on any atom is -0.351 e. The van der Waals surface area contributed by atoms with Gasteiger partial charge in [0.15, 0.2) is 0 Å². The van der Waals surface area contributed by atoms with Gasteiger partial charge in [0.05, 0.1) is 21.8 Å². The number of rotatable bonds is 4. The summed E-state index contributed by atoms with van der Waals surface area (Å²) in [5.41, 5.74) is 3.63. The van der Waals surface area contributed by atoms with E-state index >= 15 is 0 Å². The van der Waals surface area contributed by atoms with E-state index in [1.54, 1.807) is 23.8 Å². The fourth-order valence-electron chi connectivity index (χ4n) is 3.26. The Labute approximate surface area is 150 Å². The van der Waals surface area contributed by atoms with Crippen LogP contribution in [0.1, 0.15) is 32.1 Å². The predicted octanol–water partition coefficient (Wildman–Crippen LogP) is 5.15. The Morgan fingerprint density at radius 1 is 1.04 bits per heavy atom. The van der Waals surface area contributed by atoms with E-state index in [-0.39, 0.29) is 5.82 Å². The first kappa shape index (κ1) is 16.1. The second kappa shape index (κ2) is 7.27. The van der Waals surface area contributed by atoms with E-state index in [0.717, 1.165) is 23.4 Å². The molecule has 1 aliphatic carbocycles. The molecule has 6 heteroatoms. The van der Waals surface area contributed by atoms with Crippen LogP contribution in [0.15, 0.2) is 42.0 Å². The quantitative estimate of drug-likeness (QED) is 0.704. The first-order chi connectivity index (χ1) is 12.3. The van der Waals surface area contributed by atoms with Crippen molar-refractivity contribution in [2.24, 2.45) is 0 Å². The third kappa shape index (κ3) is 3.54. The highest BCUT2D eigenvalue weighted by molar-refractivity contribution is 7.13. The SMILES string of the molecule is Fc1ccccc1-c1ncsc1-c1ccnc(NC2CCCCC2)n1. The highest BCUT2D eigenvalue weighted by Crippen LogP contribution is 2.35. The Morgan fingerprint density at radius 3 is 2.72 bits per heavy atom. The molecule has 1 fully saturated rings. The first-order valence-electron chi connectivity index (χ1n) is 8.59. The van der Waals surface area contributed by atoms with Gasteiger partial charge in [-0.05, 0) is 31.0 Å². The molecule has 1 aliphatic rings. The van der Waals surface area contributed by atoms with Gasteiger partial charge in [0.25, 0.3) is 0 Å². The average Bonchev–Trinajstić information content (AvgIpc) is 3.13. The summed E-state index contributed by atoms with van der Waals surface area (Å²) in [7, 11) is 0. The summed E-state index contributed by atoms with van der Waals surface area (Å²) in [6.45, 7) is 0. The fourth-order valence-corrected chi connectivity index (χ4v) is 4.03. The zero-order valence-corrected chi connectivity index (χ0v) is 14.6. The first-order valence-corrected chi connectivity index (χ1v) is 9.47. The molecule has 0 amide bonds. The van der Waals surface area contributed by atoms with Crippen molar-refractivity contribution in [1.82, 2.24) is 15.0 Å². The van der Waals surface area contributed by atoms with Gasteiger partial charge in [0.1, 0.15) is 5.82 Å². The van der Waals surface area contributed by atoms with Crippen molar-refractivity contribution in [3.05, 3.63) is 47.9 Å². The largest absolute Gasteiger partial charge is 0.351 e. The molecule has 0 bridgehead atoms. The summed E-state index contributed by atoms with van der Waals surface area (Å²) in [5, 5.41) is 3.44. The summed E-state index contributed by atoms with van der Waals surface area (Å²) in [4.78, 5) is 14.2. The molecular weight excluding hydrogens is 335 g/mol. The summed E-state index contributed by atoms with van der Waals surface area (Å²) >= 11 is 1.47. The van der Waals surface area contributed by atoms with Crippen LogP contribution in [0.3, 0.4) is 0 Å². The van der Waals surface area contributed by atoms with E-state index in [9.17, 15) is 4.39 Å². The Balaban J connectivity index is 1.64. The Kier molecular flexibility index (Phi) is 4.70. The number of nitrogens with one attached hydrogen (secondary N) is 1. The van der Waals surface area contributed by atoms with Crippen LogP contribution < -0.4 is 5.32 Å². The van der Waals surface area contributed by atoms with Crippen molar-refractivity contribution in [2.75, 3.05) is 5.32 Å². The standard InChI is InChI=1S/C19H19FN4S/c20-15-9-5-4-8-14(15)17-18(25-12-22-17)16-10-11-21-19(24-16)23-13-6-2-1-3-7-13/h4-5,8-13H,1-3,6-7H2,(H,21,23,24). The Morgan fingerprint density at radius 2 is 1.88 bits per heavy atom. The van der Waals surface area contributed by atoms with Crippen LogP contribution >= 0.6 is 11.3 Å². The number of hydrogen-bond donors (Lipinski definition) is 1. The van der Waals surface area contributed by atoms with Crippen LogP contribution in [0.4, 0.5) is 10.3 Å². The summed E-state index contributed by atoms with van der Waals surface area (Å²) in [5.74, 6) is 0.363. The zero-order chi connectivity index (χ0) is 17.1. The van der Waals surface area contributed by atoms with Gasteiger partial charge < -0.3 is 5.32 Å². The van der Waals surface area contributed by atoms with E-state index < -0.39 is 0 Å². The van der Waals surface area contributed by atoms with Gasteiger partial charge in [-0.2, -0.15) is 0 Å². The topological polar surface area (TPSA) is 50.7 Å². The molecule has 2 aromatic heterocycles. The van der Waals surface area contributed by atoms with Crippen molar-refractivity contribution >= 4 is 17.3 Å². The second-order valence-electron chi connectivity index (χ2n) is 6.25. The molecule has 4 rings (SSSR count). The molecule has 1 aromatic carbocycles. The van der Waals surface area contributed by atoms with E-state index in [2.05, 4.69) is 20.3 Å². The second-order valence-corrected chi connectivity index (χ2v) is 7.11. The molecule has 0 atom stereocenters. The average molecular weight is 354 g/mol. The molecule has 2 heterocycles. The van der Waals surface area contributed by atoms with Gasteiger partial charge in [-0.1, -0.05) is 31.4 Å². The lowest BCUT2D eigenvalue weighted by molar-refractivity contribution is 0.461. The van der Waals surface area contributed by atoms with Crippen molar-refractivity contribution in [2.45, 2.75) is 38.1 Å². The van der Waals surface area contributed by atoms with Crippen LogP contribution in [0.2, 0.25) is 0 Å². The molecule has 0 radical (unpaired) electrons. The number of aromatic nitrogens is 3. The van der Waals surface area contributed by atoms with Gasteiger partial charge in [-0.15, -0.1) is 11.3 Å². The monoisotopic (exact) mass is 354 g/mol. The van der Waals surface area contributed by atoms with E-state index in [1.165, 1.54) is 36.7 Å². The van der Waals surface area contributed by atoms with Gasteiger partial charge in [0.2, 0.25) is 5.95 Å². The molecule has 128 valence electrons. The summed E-state index contributed by atoms with van der Waals surface area (Å²) < 4.78 is 14.2. The molecule has 0 spiro atoms. The van der Waals surface area contributed by atoms with Gasteiger partial charge in [-0.25, -0.2) is 19.3 Å².